The molecule has 0 aliphatic carbocycles. The molecule has 0 spiro atoms. The molecule has 0 bridgehead atoms. The molecule has 0 atom stereocenters. The summed E-state index contributed by atoms with van der Waals surface area (Å²) >= 11 is 1.14. The van der Waals surface area contributed by atoms with Crippen molar-refractivity contribution in [3.63, 3.8) is 0 Å². The van der Waals surface area contributed by atoms with Crippen molar-refractivity contribution in [2.75, 3.05) is 19.0 Å². The molecule has 0 amide bonds. The third-order valence-corrected chi connectivity index (χ3v) is 4.76. The Morgan fingerprint density at radius 2 is 1.56 bits per heavy atom. The molecule has 0 N–H and O–H groups in total. The molecule has 32 heavy (non-hydrogen) atoms. The molecule has 2 rings (SSSR count). The second kappa shape index (κ2) is 12.2. The van der Waals surface area contributed by atoms with E-state index in [1.807, 2.05) is 0 Å². The van der Waals surface area contributed by atoms with Crippen LogP contribution in [0.25, 0.3) is 0 Å². The zero-order valence-electron chi connectivity index (χ0n) is 16.7. The van der Waals surface area contributed by atoms with Crippen LogP contribution in [-0.2, 0) is 21.9 Å². The van der Waals surface area contributed by atoms with E-state index in [0.29, 0.717) is 10.5 Å². The lowest BCUT2D eigenvalue weighted by Gasteiger charge is -2.15. The van der Waals surface area contributed by atoms with E-state index in [0.717, 1.165) is 30.0 Å². The highest BCUT2D eigenvalue weighted by atomic mass is 32.2. The molecule has 11 heteroatoms. The molecular weight excluding hydrogens is 462 g/mol. The number of benzene rings is 2. The molecule has 0 fully saturated rings. The van der Waals surface area contributed by atoms with Gasteiger partial charge < -0.3 is 9.47 Å². The molecule has 0 aromatic heterocycles. The normalized spacial score (nSPS) is 11.1. The lowest BCUT2D eigenvalue weighted by Crippen LogP contribution is -2.09. The lowest BCUT2D eigenvalue weighted by atomic mass is 10.2. The quantitative estimate of drug-likeness (QED) is 0.253. The van der Waals surface area contributed by atoms with Crippen molar-refractivity contribution < 1.29 is 45.4 Å². The lowest BCUT2D eigenvalue weighted by molar-refractivity contribution is -0.191. The predicted octanol–water partition coefficient (Wildman–Crippen LogP) is 6.27. The first-order valence-electron chi connectivity index (χ1n) is 8.85. The average Bonchev–Trinajstić information content (AvgIpc) is 2.71. The largest absolute Gasteiger partial charge is 0.493 e. The van der Waals surface area contributed by atoms with Crippen LogP contribution in [0.5, 0.6) is 11.5 Å². The highest BCUT2D eigenvalue weighted by molar-refractivity contribution is 7.99. The number of ether oxygens (including phenoxy) is 2. The van der Waals surface area contributed by atoms with Gasteiger partial charge in [0.1, 0.15) is 18.1 Å². The first kappa shape index (κ1) is 27.1. The Kier molecular flexibility index (Phi) is 10.3. The Bertz CT molecular complexity index is 917. The summed E-state index contributed by atoms with van der Waals surface area (Å²) in [6.07, 6.45) is -8.71. The van der Waals surface area contributed by atoms with Gasteiger partial charge >= 0.3 is 18.5 Å². The minimum absolute atomic E-state index is 0.0293. The summed E-state index contributed by atoms with van der Waals surface area (Å²) in [5.41, 5.74) is -1.07. The number of alkyl halides is 6. The molecule has 0 aliphatic rings. The van der Waals surface area contributed by atoms with Gasteiger partial charge in [-0.3, -0.25) is 0 Å². The van der Waals surface area contributed by atoms with Gasteiger partial charge in [-0.25, -0.2) is 0 Å². The maximum absolute atomic E-state index is 13.2. The topological polar surface area (TPSA) is 52.6 Å². The van der Waals surface area contributed by atoms with Gasteiger partial charge in [-0.1, -0.05) is 6.58 Å². The van der Waals surface area contributed by atoms with E-state index in [-0.39, 0.29) is 36.6 Å². The van der Waals surface area contributed by atoms with Gasteiger partial charge in [0.2, 0.25) is 0 Å². The summed E-state index contributed by atoms with van der Waals surface area (Å²) in [6, 6.07) is 8.03. The number of hydrogen-bond acceptors (Lipinski definition) is 5. The molecule has 4 nitrogen and oxygen atoms in total. The van der Waals surface area contributed by atoms with Gasteiger partial charge in [-0.05, 0) is 55.0 Å². The van der Waals surface area contributed by atoms with Gasteiger partial charge in [0.25, 0.3) is 0 Å². The minimum Gasteiger partial charge on any atom is -0.493 e. The SMILES string of the molecule is C=C(COc1ccc(C(F)(F)F)cc1)CSc1ccc(OCC)c(C(F)(F)F)c1.O=C=O. The fourth-order valence-electron chi connectivity index (χ4n) is 2.25. The van der Waals surface area contributed by atoms with Gasteiger partial charge in [-0.2, -0.15) is 35.9 Å². The fourth-order valence-corrected chi connectivity index (χ4v) is 3.07. The predicted molar refractivity (Wildman–Crippen MR) is 104 cm³/mol. The van der Waals surface area contributed by atoms with Crippen molar-refractivity contribution in [2.24, 2.45) is 0 Å². The van der Waals surface area contributed by atoms with Gasteiger partial charge in [0, 0.05) is 10.6 Å². The zero-order chi connectivity index (χ0) is 24.4. The molecule has 0 unspecified atom stereocenters. The van der Waals surface area contributed by atoms with Crippen LogP contribution in [0.15, 0.2) is 59.5 Å². The average molecular weight is 480 g/mol. The molecule has 174 valence electrons. The summed E-state index contributed by atoms with van der Waals surface area (Å²) in [5.74, 6) is 0.296. The van der Waals surface area contributed by atoms with E-state index >= 15 is 0 Å². The van der Waals surface area contributed by atoms with Crippen molar-refractivity contribution in [3.05, 3.63) is 65.7 Å². The Hall–Kier alpha value is -2.91. The van der Waals surface area contributed by atoms with Gasteiger partial charge in [0.15, 0.2) is 0 Å². The van der Waals surface area contributed by atoms with Crippen molar-refractivity contribution in [2.45, 2.75) is 24.2 Å². The van der Waals surface area contributed by atoms with E-state index < -0.39 is 23.5 Å². The van der Waals surface area contributed by atoms with E-state index in [2.05, 4.69) is 6.58 Å². The molecule has 2 aromatic rings. The molecule has 2 aromatic carbocycles. The summed E-state index contributed by atoms with van der Waals surface area (Å²) in [5, 5.41) is 0. The van der Waals surface area contributed by atoms with Crippen molar-refractivity contribution in [1.29, 1.82) is 0 Å². The van der Waals surface area contributed by atoms with Crippen LogP contribution in [0.3, 0.4) is 0 Å². The molecular formula is C21H18F6O4S. The van der Waals surface area contributed by atoms with Crippen LogP contribution in [0.1, 0.15) is 18.1 Å². The smallest absolute Gasteiger partial charge is 0.420 e. The van der Waals surface area contributed by atoms with Gasteiger partial charge in [0.05, 0.1) is 17.7 Å². The van der Waals surface area contributed by atoms with Crippen LogP contribution in [0.2, 0.25) is 0 Å². The van der Waals surface area contributed by atoms with Crippen LogP contribution < -0.4 is 9.47 Å². The molecule has 0 aliphatic heterocycles. The second-order valence-electron chi connectivity index (χ2n) is 6.02. The van der Waals surface area contributed by atoms with Crippen molar-refractivity contribution in [3.8, 4) is 11.5 Å². The maximum atomic E-state index is 13.2. The Labute approximate surface area is 184 Å². The summed E-state index contributed by atoms with van der Waals surface area (Å²) in [7, 11) is 0. The number of thioether (sulfide) groups is 1. The zero-order valence-corrected chi connectivity index (χ0v) is 17.5. The monoisotopic (exact) mass is 480 g/mol. The summed E-state index contributed by atoms with van der Waals surface area (Å²) < 4.78 is 87.5. The molecule has 0 saturated heterocycles. The van der Waals surface area contributed by atoms with Crippen molar-refractivity contribution in [1.82, 2.24) is 0 Å². The number of hydrogen-bond donors (Lipinski definition) is 0. The Balaban J connectivity index is 0.00000161. The fraction of sp³-hybridized carbons (Fsp3) is 0.286. The number of rotatable bonds is 8. The summed E-state index contributed by atoms with van der Waals surface area (Å²) in [6.45, 7) is 5.54. The van der Waals surface area contributed by atoms with E-state index in [1.54, 1.807) is 6.92 Å². The molecule has 0 saturated carbocycles. The number of halogens is 6. The maximum Gasteiger partial charge on any atom is 0.420 e. The van der Waals surface area contributed by atoms with E-state index in [9.17, 15) is 26.3 Å². The molecule has 0 heterocycles. The third kappa shape index (κ3) is 9.07. The van der Waals surface area contributed by atoms with Crippen LogP contribution >= 0.6 is 11.8 Å². The van der Waals surface area contributed by atoms with Crippen LogP contribution in [0, 0.1) is 0 Å². The number of carbonyl (C=O) groups excluding carboxylic acids is 2. The van der Waals surface area contributed by atoms with E-state index in [1.165, 1.54) is 24.3 Å². The van der Waals surface area contributed by atoms with Crippen LogP contribution in [-0.4, -0.2) is 25.1 Å². The van der Waals surface area contributed by atoms with Gasteiger partial charge in [-0.15, -0.1) is 11.8 Å². The third-order valence-electron chi connectivity index (χ3n) is 3.62. The van der Waals surface area contributed by atoms with E-state index in [4.69, 9.17) is 19.1 Å². The first-order valence-corrected chi connectivity index (χ1v) is 9.83. The molecule has 0 radical (unpaired) electrons. The Morgan fingerprint density at radius 1 is 0.969 bits per heavy atom. The second-order valence-corrected chi connectivity index (χ2v) is 7.07. The summed E-state index contributed by atoms with van der Waals surface area (Å²) in [4.78, 5) is 16.6. The highest BCUT2D eigenvalue weighted by Crippen LogP contribution is 2.39. The van der Waals surface area contributed by atoms with Crippen LogP contribution in [0.4, 0.5) is 26.3 Å². The Morgan fingerprint density at radius 3 is 2.06 bits per heavy atom. The standard InChI is InChI=1S/C20H18F6O2S.CO2/c1-3-27-18-9-8-16(10-17(18)20(24,25)26)29-12-13(2)11-28-15-6-4-14(5-7-15)19(21,22)23;2-1-3/h4-10H,2-3,11-12H2,1H3;. The minimum atomic E-state index is -4.54. The van der Waals surface area contributed by atoms with Crippen molar-refractivity contribution >= 4 is 17.9 Å². The first-order chi connectivity index (χ1) is 14.9. The highest BCUT2D eigenvalue weighted by Gasteiger charge is 2.34.